The summed E-state index contributed by atoms with van der Waals surface area (Å²) in [7, 11) is 0. The highest BCUT2D eigenvalue weighted by molar-refractivity contribution is 5.75. The second kappa shape index (κ2) is 3.77. The quantitative estimate of drug-likeness (QED) is 0.671. The zero-order chi connectivity index (χ0) is 11.8. The van der Waals surface area contributed by atoms with Crippen LogP contribution in [0.5, 0.6) is 0 Å². The molecular formula is C14H14N2O. The number of fused-ring (bicyclic) bond motifs is 1. The number of hydrogen-bond acceptors (Lipinski definition) is 2. The number of benzene rings is 1. The number of furan rings is 1. The maximum absolute atomic E-state index is 5.61. The monoisotopic (exact) mass is 226 g/mol. The molecule has 3 rings (SSSR count). The van der Waals surface area contributed by atoms with Crippen LogP contribution in [-0.2, 0) is 6.54 Å². The predicted molar refractivity (Wildman–Crippen MR) is 67.0 cm³/mol. The second-order valence-electron chi connectivity index (χ2n) is 4.25. The Morgan fingerprint density at radius 2 is 1.94 bits per heavy atom. The third-order valence-corrected chi connectivity index (χ3v) is 2.96. The summed E-state index contributed by atoms with van der Waals surface area (Å²) in [5, 5.41) is 0. The van der Waals surface area contributed by atoms with Gasteiger partial charge in [-0.15, -0.1) is 0 Å². The van der Waals surface area contributed by atoms with Crippen molar-refractivity contribution in [3.8, 4) is 0 Å². The van der Waals surface area contributed by atoms with Crippen molar-refractivity contribution >= 4 is 11.0 Å². The van der Waals surface area contributed by atoms with Gasteiger partial charge in [0.1, 0.15) is 17.3 Å². The molecule has 3 nitrogen and oxygen atoms in total. The van der Waals surface area contributed by atoms with Crippen LogP contribution in [0.2, 0.25) is 0 Å². The number of hydrogen-bond donors (Lipinski definition) is 0. The van der Waals surface area contributed by atoms with E-state index in [1.54, 1.807) is 0 Å². The Morgan fingerprint density at radius 1 is 1.12 bits per heavy atom. The normalized spacial score (nSPS) is 11.2. The molecular weight excluding hydrogens is 212 g/mol. The first kappa shape index (κ1) is 10.1. The van der Waals surface area contributed by atoms with Gasteiger partial charge in [0.25, 0.3) is 0 Å². The SMILES string of the molecule is Cc1ccc(Cn2c(C)nc3ccccc32)o1. The highest BCUT2D eigenvalue weighted by atomic mass is 16.3. The summed E-state index contributed by atoms with van der Waals surface area (Å²) in [5.74, 6) is 2.93. The molecule has 0 unspecified atom stereocenters. The molecule has 0 saturated carbocycles. The van der Waals surface area contributed by atoms with Crippen molar-refractivity contribution in [2.45, 2.75) is 20.4 Å². The van der Waals surface area contributed by atoms with Crippen molar-refractivity contribution in [1.29, 1.82) is 0 Å². The van der Waals surface area contributed by atoms with Gasteiger partial charge in [-0.1, -0.05) is 12.1 Å². The maximum atomic E-state index is 5.61. The van der Waals surface area contributed by atoms with Crippen LogP contribution in [0.15, 0.2) is 40.8 Å². The molecule has 17 heavy (non-hydrogen) atoms. The van der Waals surface area contributed by atoms with Crippen molar-refractivity contribution in [1.82, 2.24) is 9.55 Å². The molecule has 2 heterocycles. The summed E-state index contributed by atoms with van der Waals surface area (Å²) < 4.78 is 7.79. The minimum absolute atomic E-state index is 0.736. The number of nitrogens with zero attached hydrogens (tertiary/aromatic N) is 2. The lowest BCUT2D eigenvalue weighted by Crippen LogP contribution is -2.00. The van der Waals surface area contributed by atoms with Gasteiger partial charge in [0, 0.05) is 0 Å². The molecule has 0 bridgehead atoms. The van der Waals surface area contributed by atoms with Gasteiger partial charge < -0.3 is 8.98 Å². The largest absolute Gasteiger partial charge is 0.464 e. The van der Waals surface area contributed by atoms with E-state index in [1.807, 2.05) is 44.2 Å². The summed E-state index contributed by atoms with van der Waals surface area (Å²) >= 11 is 0. The fourth-order valence-corrected chi connectivity index (χ4v) is 2.12. The lowest BCUT2D eigenvalue weighted by Gasteiger charge is -2.04. The fraction of sp³-hybridized carbons (Fsp3) is 0.214. The summed E-state index contributed by atoms with van der Waals surface area (Å²) in [6, 6.07) is 12.2. The first-order valence-electron chi connectivity index (χ1n) is 5.71. The van der Waals surface area contributed by atoms with Crippen molar-refractivity contribution in [3.63, 3.8) is 0 Å². The topological polar surface area (TPSA) is 31.0 Å². The van der Waals surface area contributed by atoms with Crippen LogP contribution in [0.25, 0.3) is 11.0 Å². The van der Waals surface area contributed by atoms with Crippen LogP contribution in [0.4, 0.5) is 0 Å². The molecule has 0 saturated heterocycles. The van der Waals surface area contributed by atoms with Crippen molar-refractivity contribution < 1.29 is 4.42 Å². The lowest BCUT2D eigenvalue weighted by atomic mass is 10.3. The van der Waals surface area contributed by atoms with E-state index in [9.17, 15) is 0 Å². The molecule has 0 atom stereocenters. The molecule has 3 aromatic rings. The van der Waals surface area contributed by atoms with E-state index in [4.69, 9.17) is 4.42 Å². The molecule has 0 spiro atoms. The summed E-state index contributed by atoms with van der Waals surface area (Å²) in [4.78, 5) is 4.54. The summed E-state index contributed by atoms with van der Waals surface area (Å²) in [6.45, 7) is 4.72. The predicted octanol–water partition coefficient (Wildman–Crippen LogP) is 3.29. The van der Waals surface area contributed by atoms with E-state index in [-0.39, 0.29) is 0 Å². The molecule has 0 N–H and O–H groups in total. The van der Waals surface area contributed by atoms with Crippen LogP contribution in [0.3, 0.4) is 0 Å². The number of aromatic nitrogens is 2. The molecule has 2 aromatic heterocycles. The molecule has 0 fully saturated rings. The minimum atomic E-state index is 0.736. The molecule has 0 amide bonds. The Kier molecular flexibility index (Phi) is 2.25. The molecule has 0 aliphatic heterocycles. The smallest absolute Gasteiger partial charge is 0.123 e. The van der Waals surface area contributed by atoms with Gasteiger partial charge in [-0.3, -0.25) is 0 Å². The molecule has 1 aromatic carbocycles. The molecule has 3 heteroatoms. The van der Waals surface area contributed by atoms with Gasteiger partial charge in [0.2, 0.25) is 0 Å². The van der Waals surface area contributed by atoms with Gasteiger partial charge in [-0.2, -0.15) is 0 Å². The van der Waals surface area contributed by atoms with Crippen LogP contribution in [0, 0.1) is 13.8 Å². The van der Waals surface area contributed by atoms with Crippen molar-refractivity contribution in [3.05, 3.63) is 53.7 Å². The van der Waals surface area contributed by atoms with E-state index < -0.39 is 0 Å². The zero-order valence-electron chi connectivity index (χ0n) is 9.97. The summed E-state index contributed by atoms with van der Waals surface area (Å²) in [5.41, 5.74) is 2.19. The van der Waals surface area contributed by atoms with Gasteiger partial charge in [0.05, 0.1) is 17.6 Å². The number of imidazole rings is 1. The second-order valence-corrected chi connectivity index (χ2v) is 4.25. The third kappa shape index (κ3) is 1.73. The first-order chi connectivity index (χ1) is 8.24. The minimum Gasteiger partial charge on any atom is -0.464 e. The molecule has 0 aliphatic rings. The van der Waals surface area contributed by atoms with Crippen LogP contribution in [-0.4, -0.2) is 9.55 Å². The highest BCUT2D eigenvalue weighted by Crippen LogP contribution is 2.18. The standard InChI is InChI=1S/C14H14N2O/c1-10-7-8-12(17-10)9-16-11(2)15-13-5-3-4-6-14(13)16/h3-8H,9H2,1-2H3. The lowest BCUT2D eigenvalue weighted by molar-refractivity contribution is 0.470. The number of para-hydroxylation sites is 2. The Morgan fingerprint density at radius 3 is 2.71 bits per heavy atom. The number of aryl methyl sites for hydroxylation is 2. The Labute approximate surface area is 99.7 Å². The summed E-state index contributed by atoms with van der Waals surface area (Å²) in [6.07, 6.45) is 0. The van der Waals surface area contributed by atoms with Crippen LogP contribution in [0.1, 0.15) is 17.3 Å². The van der Waals surface area contributed by atoms with Crippen LogP contribution < -0.4 is 0 Å². The highest BCUT2D eigenvalue weighted by Gasteiger charge is 2.08. The van der Waals surface area contributed by atoms with E-state index in [1.165, 1.54) is 0 Å². The number of rotatable bonds is 2. The van der Waals surface area contributed by atoms with Gasteiger partial charge in [-0.05, 0) is 38.1 Å². The molecule has 86 valence electrons. The first-order valence-corrected chi connectivity index (χ1v) is 5.71. The van der Waals surface area contributed by atoms with Crippen molar-refractivity contribution in [2.24, 2.45) is 0 Å². The zero-order valence-corrected chi connectivity index (χ0v) is 9.97. The van der Waals surface area contributed by atoms with E-state index >= 15 is 0 Å². The van der Waals surface area contributed by atoms with E-state index in [0.717, 1.165) is 34.9 Å². The molecule has 0 aliphatic carbocycles. The third-order valence-electron chi connectivity index (χ3n) is 2.96. The van der Waals surface area contributed by atoms with Crippen molar-refractivity contribution in [2.75, 3.05) is 0 Å². The van der Waals surface area contributed by atoms with Crippen LogP contribution >= 0.6 is 0 Å². The fourth-order valence-electron chi connectivity index (χ4n) is 2.12. The van der Waals surface area contributed by atoms with Gasteiger partial charge in [-0.25, -0.2) is 4.98 Å². The van der Waals surface area contributed by atoms with E-state index in [2.05, 4.69) is 15.6 Å². The average molecular weight is 226 g/mol. The van der Waals surface area contributed by atoms with Gasteiger partial charge in [0.15, 0.2) is 0 Å². The Balaban J connectivity index is 2.08. The Hall–Kier alpha value is -2.03. The Bertz CT molecular complexity index is 664. The molecule has 0 radical (unpaired) electrons. The average Bonchev–Trinajstić information content (AvgIpc) is 2.85. The van der Waals surface area contributed by atoms with Gasteiger partial charge >= 0.3 is 0 Å². The van der Waals surface area contributed by atoms with E-state index in [0.29, 0.717) is 0 Å². The maximum Gasteiger partial charge on any atom is 0.123 e.